The summed E-state index contributed by atoms with van der Waals surface area (Å²) in [6.45, 7) is 0.395. The minimum Gasteiger partial charge on any atom is -0.370 e. The summed E-state index contributed by atoms with van der Waals surface area (Å²) in [4.78, 5) is 32.9. The van der Waals surface area contributed by atoms with Crippen LogP contribution in [0.25, 0.3) is 10.9 Å². The van der Waals surface area contributed by atoms with E-state index in [0.29, 0.717) is 41.2 Å². The molecule has 0 spiro atoms. The van der Waals surface area contributed by atoms with Crippen LogP contribution >= 0.6 is 11.8 Å². The molecule has 2 aliphatic heterocycles. The van der Waals surface area contributed by atoms with Crippen LogP contribution in [0.4, 0.5) is 14.5 Å². The zero-order valence-electron chi connectivity index (χ0n) is 16.4. The Balaban J connectivity index is 1.32. The van der Waals surface area contributed by atoms with Crippen molar-refractivity contribution in [1.29, 1.82) is 5.26 Å². The first-order valence-corrected chi connectivity index (χ1v) is 11.1. The van der Waals surface area contributed by atoms with Gasteiger partial charge in [0.25, 0.3) is 11.8 Å². The molecule has 1 aromatic carbocycles. The van der Waals surface area contributed by atoms with Crippen LogP contribution < -0.4 is 10.2 Å². The molecule has 3 atom stereocenters. The number of carbonyl (C=O) groups is 2. The Morgan fingerprint density at radius 3 is 2.81 bits per heavy atom. The van der Waals surface area contributed by atoms with Gasteiger partial charge in [0.1, 0.15) is 6.04 Å². The number of anilines is 1. The van der Waals surface area contributed by atoms with Crippen LogP contribution in [0, 0.1) is 23.2 Å². The number of alkyl halides is 2. The second-order valence-electron chi connectivity index (χ2n) is 8.04. The van der Waals surface area contributed by atoms with Gasteiger partial charge < -0.3 is 15.1 Å². The number of pyridine rings is 1. The summed E-state index contributed by atoms with van der Waals surface area (Å²) >= 11 is 1.50. The fraction of sp³-hybridized carbons (Fsp3) is 0.429. The van der Waals surface area contributed by atoms with E-state index in [1.165, 1.54) is 22.9 Å². The van der Waals surface area contributed by atoms with Crippen molar-refractivity contribution in [3.8, 4) is 6.07 Å². The number of hydrogen-bond acceptors (Lipinski definition) is 6. The lowest BCUT2D eigenvalue weighted by molar-refractivity contribution is -0.129. The number of fused-ring (bicyclic) bond motifs is 2. The summed E-state index contributed by atoms with van der Waals surface area (Å²) in [5.41, 5.74) is 1.75. The number of piperidine rings is 1. The zero-order valence-corrected chi connectivity index (χ0v) is 17.2. The highest BCUT2D eigenvalue weighted by molar-refractivity contribution is 7.99. The van der Waals surface area contributed by atoms with Crippen molar-refractivity contribution in [2.24, 2.45) is 11.8 Å². The number of halogens is 2. The molecule has 0 bridgehead atoms. The standard InChI is InChI=1S/C21H19F2N5O2S/c22-21(23)16-8-27(9-17(16)21)12-1-2-18-15(5-12)14(3-4-25-18)20(30)26-7-19(29)28-11-31-10-13(28)6-24/h1-5,13,16-17H,7-11H2,(H,26,30)/t13-,16?,17?/m1/s1. The fourth-order valence-electron chi connectivity index (χ4n) is 4.40. The first-order chi connectivity index (χ1) is 14.9. The summed E-state index contributed by atoms with van der Waals surface area (Å²) in [6, 6.07) is 8.59. The lowest BCUT2D eigenvalue weighted by atomic mass is 10.1. The Kier molecular flexibility index (Phi) is 4.73. The smallest absolute Gasteiger partial charge is 0.258 e. The van der Waals surface area contributed by atoms with E-state index in [2.05, 4.69) is 16.4 Å². The van der Waals surface area contributed by atoms with Gasteiger partial charge in [0.05, 0.1) is 41.4 Å². The van der Waals surface area contributed by atoms with Gasteiger partial charge in [-0.15, -0.1) is 11.8 Å². The number of nitriles is 1. The molecule has 31 heavy (non-hydrogen) atoms. The molecule has 1 aromatic heterocycles. The van der Waals surface area contributed by atoms with Gasteiger partial charge in [0.2, 0.25) is 5.91 Å². The molecule has 3 aliphatic rings. The van der Waals surface area contributed by atoms with Gasteiger partial charge in [0, 0.05) is 36.1 Å². The van der Waals surface area contributed by atoms with E-state index in [1.54, 1.807) is 18.2 Å². The number of aromatic nitrogens is 1. The molecule has 2 amide bonds. The van der Waals surface area contributed by atoms with Gasteiger partial charge in [-0.2, -0.15) is 5.26 Å². The summed E-state index contributed by atoms with van der Waals surface area (Å²) in [6.07, 6.45) is 1.52. The number of hydrogen-bond donors (Lipinski definition) is 1. The lowest BCUT2D eigenvalue weighted by Gasteiger charge is -2.22. The number of benzene rings is 1. The average molecular weight is 443 g/mol. The van der Waals surface area contributed by atoms with E-state index < -0.39 is 29.7 Å². The van der Waals surface area contributed by atoms with Gasteiger partial charge in [-0.25, -0.2) is 8.78 Å². The molecule has 1 aliphatic carbocycles. The second-order valence-corrected chi connectivity index (χ2v) is 9.04. The zero-order chi connectivity index (χ0) is 21.8. The third-order valence-electron chi connectivity index (χ3n) is 6.29. The monoisotopic (exact) mass is 443 g/mol. The quantitative estimate of drug-likeness (QED) is 0.779. The van der Waals surface area contributed by atoms with Crippen molar-refractivity contribution >= 4 is 40.2 Å². The molecule has 2 saturated heterocycles. The number of amides is 2. The van der Waals surface area contributed by atoms with E-state index in [9.17, 15) is 18.4 Å². The molecule has 2 aromatic rings. The molecule has 10 heteroatoms. The van der Waals surface area contributed by atoms with Crippen LogP contribution in [0.15, 0.2) is 30.5 Å². The van der Waals surface area contributed by atoms with Crippen LogP contribution in [0.2, 0.25) is 0 Å². The molecule has 0 radical (unpaired) electrons. The first kappa shape index (κ1) is 20.0. The van der Waals surface area contributed by atoms with Gasteiger partial charge in [-0.05, 0) is 24.3 Å². The molecule has 160 valence electrons. The van der Waals surface area contributed by atoms with Crippen molar-refractivity contribution in [1.82, 2.24) is 15.2 Å². The second kappa shape index (κ2) is 7.34. The van der Waals surface area contributed by atoms with Crippen LogP contribution in [0.3, 0.4) is 0 Å². The Bertz CT molecular complexity index is 1110. The third kappa shape index (κ3) is 3.37. The molecule has 3 heterocycles. The summed E-state index contributed by atoms with van der Waals surface area (Å²) in [5.74, 6) is -3.46. The number of nitrogens with one attached hydrogen (secondary N) is 1. The highest BCUT2D eigenvalue weighted by atomic mass is 32.2. The van der Waals surface area contributed by atoms with Crippen LogP contribution in [-0.2, 0) is 4.79 Å². The largest absolute Gasteiger partial charge is 0.370 e. The normalized spacial score (nSPS) is 25.9. The van der Waals surface area contributed by atoms with Crippen LogP contribution in [-0.4, -0.2) is 64.9 Å². The Morgan fingerprint density at radius 1 is 1.29 bits per heavy atom. The maximum atomic E-state index is 13.5. The number of rotatable bonds is 4. The first-order valence-electron chi connectivity index (χ1n) is 9.96. The molecular formula is C21H19F2N5O2S. The van der Waals surface area contributed by atoms with E-state index in [-0.39, 0.29) is 12.5 Å². The molecule has 1 saturated carbocycles. The minimum atomic E-state index is -2.55. The van der Waals surface area contributed by atoms with E-state index in [0.717, 1.165) is 5.69 Å². The predicted molar refractivity (Wildman–Crippen MR) is 112 cm³/mol. The van der Waals surface area contributed by atoms with Crippen molar-refractivity contribution in [2.75, 3.05) is 36.2 Å². The SMILES string of the molecule is N#C[C@@H]1CSCN1C(=O)CNC(=O)c1ccnc2ccc(N3CC4C(C3)C4(F)F)cc12. The Morgan fingerprint density at radius 2 is 2.06 bits per heavy atom. The molecule has 3 fully saturated rings. The molecule has 1 N–H and O–H groups in total. The predicted octanol–water partition coefficient (Wildman–Crippen LogP) is 2.09. The topological polar surface area (TPSA) is 89.3 Å². The third-order valence-corrected chi connectivity index (χ3v) is 7.30. The maximum Gasteiger partial charge on any atom is 0.258 e. The fourth-order valence-corrected chi connectivity index (χ4v) is 5.50. The summed E-state index contributed by atoms with van der Waals surface area (Å²) in [7, 11) is 0. The average Bonchev–Trinajstić information content (AvgIpc) is 3.24. The maximum absolute atomic E-state index is 13.5. The summed E-state index contributed by atoms with van der Waals surface area (Å²) in [5, 5.41) is 12.4. The van der Waals surface area contributed by atoms with Crippen molar-refractivity contribution in [3.63, 3.8) is 0 Å². The van der Waals surface area contributed by atoms with E-state index >= 15 is 0 Å². The Labute approximate surface area is 181 Å². The van der Waals surface area contributed by atoms with Crippen molar-refractivity contribution in [2.45, 2.75) is 12.0 Å². The number of thioether (sulfide) groups is 1. The van der Waals surface area contributed by atoms with Crippen molar-refractivity contribution in [3.05, 3.63) is 36.0 Å². The summed E-state index contributed by atoms with van der Waals surface area (Å²) < 4.78 is 27.0. The van der Waals surface area contributed by atoms with Gasteiger partial charge >= 0.3 is 0 Å². The van der Waals surface area contributed by atoms with Gasteiger partial charge in [-0.3, -0.25) is 14.6 Å². The van der Waals surface area contributed by atoms with Crippen LogP contribution in [0.1, 0.15) is 10.4 Å². The van der Waals surface area contributed by atoms with Crippen molar-refractivity contribution < 1.29 is 18.4 Å². The molecular weight excluding hydrogens is 424 g/mol. The minimum absolute atomic E-state index is 0.203. The highest BCUT2D eigenvalue weighted by Crippen LogP contribution is 2.59. The van der Waals surface area contributed by atoms with Gasteiger partial charge in [-0.1, -0.05) is 0 Å². The highest BCUT2D eigenvalue weighted by Gasteiger charge is 2.71. The number of nitrogens with zero attached hydrogens (tertiary/aromatic N) is 4. The van der Waals surface area contributed by atoms with Gasteiger partial charge in [0.15, 0.2) is 0 Å². The van der Waals surface area contributed by atoms with E-state index in [1.807, 2.05) is 11.0 Å². The molecule has 2 unspecified atom stereocenters. The lowest BCUT2D eigenvalue weighted by Crippen LogP contribution is -2.42. The molecule has 5 rings (SSSR count). The number of carbonyl (C=O) groups excluding carboxylic acids is 2. The molecule has 7 nitrogen and oxygen atoms in total. The van der Waals surface area contributed by atoms with E-state index in [4.69, 9.17) is 5.26 Å². The Hall–Kier alpha value is -2.93. The van der Waals surface area contributed by atoms with Crippen LogP contribution in [0.5, 0.6) is 0 Å².